The van der Waals surface area contributed by atoms with Gasteiger partial charge in [-0.1, -0.05) is 0 Å². The number of thiophene rings is 1. The average molecular weight is 180 g/mol. The fourth-order valence-electron chi connectivity index (χ4n) is 0.774. The molecule has 0 N–H and O–H groups in total. The Labute approximate surface area is 76.1 Å². The third-order valence-electron chi connectivity index (χ3n) is 1.30. The Morgan fingerprint density at radius 1 is 1.75 bits per heavy atom. The van der Waals surface area contributed by atoms with Gasteiger partial charge in [0, 0.05) is 0 Å². The molecule has 0 spiro atoms. The Balaban J connectivity index is 2.74. The molecule has 0 aromatic carbocycles. The second-order valence-corrected chi connectivity index (χ2v) is 3.24. The van der Waals surface area contributed by atoms with Crippen LogP contribution in [-0.2, 0) is 4.74 Å². The van der Waals surface area contributed by atoms with Gasteiger partial charge in [0.15, 0.2) is 0 Å². The molecule has 0 aliphatic rings. The van der Waals surface area contributed by atoms with Gasteiger partial charge in [-0.05, 0) is 0 Å². The molecule has 0 bridgehead atoms. The second kappa shape index (κ2) is 4.21. The van der Waals surface area contributed by atoms with Crippen molar-refractivity contribution in [2.45, 2.75) is 6.92 Å². The molecule has 0 unspecified atom stereocenters. The zero-order chi connectivity index (χ0) is 8.97. The van der Waals surface area contributed by atoms with Crippen molar-refractivity contribution in [3.63, 3.8) is 0 Å². The van der Waals surface area contributed by atoms with Crippen molar-refractivity contribution in [3.8, 4) is 0 Å². The van der Waals surface area contributed by atoms with Crippen LogP contribution < -0.4 is 4.78 Å². The van der Waals surface area contributed by atoms with E-state index < -0.39 is 0 Å². The predicted octanol–water partition coefficient (Wildman–Crippen LogP) is 0.686. The third kappa shape index (κ3) is 2.04. The summed E-state index contributed by atoms with van der Waals surface area (Å²) in [6.07, 6.45) is 0. The molecule has 0 aliphatic carbocycles. The van der Waals surface area contributed by atoms with Crippen LogP contribution in [0.3, 0.4) is 0 Å². The number of rotatable bonds is 3. The molecule has 62 valence electrons. The van der Waals surface area contributed by atoms with E-state index in [-0.39, 0.29) is 5.97 Å². The summed E-state index contributed by atoms with van der Waals surface area (Å²) in [7, 11) is 0. The van der Waals surface area contributed by atoms with Crippen molar-refractivity contribution in [1.29, 1.82) is 0 Å². The first-order chi connectivity index (χ1) is 5.77. The van der Waals surface area contributed by atoms with Gasteiger partial charge in [-0.2, -0.15) is 0 Å². The molecule has 1 aromatic heterocycles. The first-order valence-electron chi connectivity index (χ1n) is 3.67. The topological polar surface area (TPSA) is 26.3 Å². The number of esters is 1. The van der Waals surface area contributed by atoms with Crippen LogP contribution in [-0.4, -0.2) is 26.0 Å². The predicted molar refractivity (Wildman–Crippen MR) is 52.8 cm³/mol. The standard InChI is InChI=1S/C8H9BO2S/c1-3-11-8(10)6-4-5-7(9-2)12-6/h4-5H,2-3H2,1H3. The number of carbonyl (C=O) groups is 1. The summed E-state index contributed by atoms with van der Waals surface area (Å²) < 4.78 is 5.81. The van der Waals surface area contributed by atoms with E-state index in [1.807, 2.05) is 6.07 Å². The zero-order valence-corrected chi connectivity index (χ0v) is 7.69. The van der Waals surface area contributed by atoms with E-state index in [4.69, 9.17) is 4.74 Å². The van der Waals surface area contributed by atoms with Gasteiger partial charge in [-0.15, -0.1) is 0 Å². The van der Waals surface area contributed by atoms with Crippen molar-refractivity contribution < 1.29 is 9.53 Å². The van der Waals surface area contributed by atoms with Crippen molar-refractivity contribution in [2.24, 2.45) is 0 Å². The maximum atomic E-state index is 11.1. The minimum absolute atomic E-state index is 0.254. The van der Waals surface area contributed by atoms with Crippen molar-refractivity contribution in [3.05, 3.63) is 17.0 Å². The monoisotopic (exact) mass is 180 g/mol. The molecule has 2 nitrogen and oxygen atoms in total. The molecule has 1 rings (SSSR count). The van der Waals surface area contributed by atoms with Crippen LogP contribution in [0.15, 0.2) is 12.1 Å². The Hall–Kier alpha value is -0.895. The van der Waals surface area contributed by atoms with Crippen molar-refractivity contribution in [1.82, 2.24) is 0 Å². The minimum atomic E-state index is -0.254. The molecule has 0 radical (unpaired) electrons. The molecular formula is C8H9BO2S. The molecule has 0 saturated carbocycles. The van der Waals surface area contributed by atoms with Gasteiger partial charge >= 0.3 is 75.5 Å². The molecular weight excluding hydrogens is 171 g/mol. The van der Waals surface area contributed by atoms with Crippen LogP contribution in [0.5, 0.6) is 0 Å². The molecule has 0 atom stereocenters. The Kier molecular flexibility index (Phi) is 3.23. The SMILES string of the molecule is C=Bc1ccc(C(=O)OCC)s1. The zero-order valence-electron chi connectivity index (χ0n) is 6.87. The molecule has 0 aliphatic heterocycles. The van der Waals surface area contributed by atoms with E-state index in [9.17, 15) is 4.79 Å². The average Bonchev–Trinajstić information content (AvgIpc) is 2.52. The van der Waals surface area contributed by atoms with Gasteiger partial charge in [0.25, 0.3) is 0 Å². The van der Waals surface area contributed by atoms with E-state index in [1.165, 1.54) is 11.3 Å². The molecule has 4 heteroatoms. The molecule has 1 heterocycles. The summed E-state index contributed by atoms with van der Waals surface area (Å²) in [5.74, 6) is -0.254. The Morgan fingerprint density at radius 3 is 3.00 bits per heavy atom. The van der Waals surface area contributed by atoms with Gasteiger partial charge in [0.1, 0.15) is 0 Å². The summed E-state index contributed by atoms with van der Waals surface area (Å²) >= 11 is 1.39. The molecule has 0 saturated heterocycles. The molecule has 12 heavy (non-hydrogen) atoms. The van der Waals surface area contributed by atoms with Gasteiger partial charge in [-0.25, -0.2) is 0 Å². The number of hydrogen-bond acceptors (Lipinski definition) is 3. The summed E-state index contributed by atoms with van der Waals surface area (Å²) in [6, 6.07) is 3.60. The number of hydrogen-bond donors (Lipinski definition) is 0. The van der Waals surface area contributed by atoms with Crippen molar-refractivity contribution in [2.75, 3.05) is 6.61 Å². The van der Waals surface area contributed by atoms with E-state index in [0.717, 1.165) is 4.78 Å². The van der Waals surface area contributed by atoms with Crippen LogP contribution in [0.4, 0.5) is 0 Å². The summed E-state index contributed by atoms with van der Waals surface area (Å²) in [5.41, 5.74) is 0. The van der Waals surface area contributed by atoms with Crippen LogP contribution >= 0.6 is 11.3 Å². The normalized spacial score (nSPS) is 9.08. The molecule has 0 amide bonds. The van der Waals surface area contributed by atoms with Gasteiger partial charge in [0.05, 0.1) is 0 Å². The summed E-state index contributed by atoms with van der Waals surface area (Å²) in [6.45, 7) is 7.53. The fraction of sp³-hybridized carbons (Fsp3) is 0.250. The van der Waals surface area contributed by atoms with Crippen LogP contribution in [0.1, 0.15) is 16.6 Å². The molecule has 0 fully saturated rings. The molecule has 1 aromatic rings. The number of carbonyl (C=O) groups excluding carboxylic acids is 1. The Bertz CT molecular complexity index is 293. The van der Waals surface area contributed by atoms with Crippen LogP contribution in [0, 0.1) is 0 Å². The van der Waals surface area contributed by atoms with Crippen molar-refractivity contribution >= 4 is 35.5 Å². The van der Waals surface area contributed by atoms with Gasteiger partial charge < -0.3 is 0 Å². The van der Waals surface area contributed by atoms with E-state index in [0.29, 0.717) is 11.5 Å². The van der Waals surface area contributed by atoms with E-state index in [2.05, 4.69) is 6.47 Å². The van der Waals surface area contributed by atoms with E-state index in [1.54, 1.807) is 19.9 Å². The Morgan fingerprint density at radius 2 is 2.50 bits per heavy atom. The van der Waals surface area contributed by atoms with Crippen LogP contribution in [0.2, 0.25) is 0 Å². The number of ether oxygens (including phenoxy) is 1. The van der Waals surface area contributed by atoms with Gasteiger partial charge in [-0.3, -0.25) is 0 Å². The fourth-order valence-corrected chi connectivity index (χ4v) is 1.53. The third-order valence-corrected chi connectivity index (χ3v) is 2.37. The van der Waals surface area contributed by atoms with E-state index >= 15 is 0 Å². The van der Waals surface area contributed by atoms with Gasteiger partial charge in [0.2, 0.25) is 0 Å². The maximum absolute atomic E-state index is 11.1. The summed E-state index contributed by atoms with van der Waals surface area (Å²) in [4.78, 5) is 11.8. The quantitative estimate of drug-likeness (QED) is 0.505. The summed E-state index contributed by atoms with van der Waals surface area (Å²) in [5, 5.41) is 0. The second-order valence-electron chi connectivity index (χ2n) is 2.13. The first-order valence-corrected chi connectivity index (χ1v) is 4.49. The first kappa shape index (κ1) is 9.19. The van der Waals surface area contributed by atoms with Crippen LogP contribution in [0.25, 0.3) is 0 Å².